The first kappa shape index (κ1) is 22.4. The van der Waals surface area contributed by atoms with E-state index in [-0.39, 0.29) is 17.9 Å². The molecule has 0 radical (unpaired) electrons. The summed E-state index contributed by atoms with van der Waals surface area (Å²) in [5.74, 6) is -0.0754. The molecule has 5 nitrogen and oxygen atoms in total. The molecule has 0 fully saturated rings. The molecule has 0 amide bonds. The van der Waals surface area contributed by atoms with Crippen LogP contribution in [0.25, 0.3) is 6.08 Å². The maximum atomic E-state index is 12.6. The molecule has 0 atom stereocenters. The molecule has 0 saturated heterocycles. The number of aliphatic imine (C=N–C) groups is 1. The minimum absolute atomic E-state index is 0.0691. The molecule has 1 aliphatic rings. The topological polar surface area (TPSA) is 68.1 Å². The third-order valence-electron chi connectivity index (χ3n) is 4.80. The Hall–Kier alpha value is -3.77. The Morgan fingerprint density at radius 2 is 1.64 bits per heavy atom. The van der Waals surface area contributed by atoms with Gasteiger partial charge in [-0.15, -0.1) is 0 Å². The van der Waals surface area contributed by atoms with E-state index in [4.69, 9.17) is 9.47 Å². The van der Waals surface area contributed by atoms with Gasteiger partial charge in [-0.1, -0.05) is 78.5 Å². The zero-order valence-electron chi connectivity index (χ0n) is 18.1. The van der Waals surface area contributed by atoms with Crippen LogP contribution in [0.3, 0.4) is 0 Å². The Kier molecular flexibility index (Phi) is 7.27. The summed E-state index contributed by atoms with van der Waals surface area (Å²) in [5, 5.41) is 11.3. The van der Waals surface area contributed by atoms with E-state index in [0.717, 1.165) is 11.1 Å². The van der Waals surface area contributed by atoms with Gasteiger partial charge < -0.3 is 14.6 Å². The number of aliphatic hydroxyl groups is 1. The van der Waals surface area contributed by atoms with E-state index in [0.29, 0.717) is 28.0 Å². The summed E-state index contributed by atoms with van der Waals surface area (Å²) in [6.45, 7) is 2.35. The summed E-state index contributed by atoms with van der Waals surface area (Å²) in [7, 11) is 0. The van der Waals surface area contributed by atoms with Crippen molar-refractivity contribution in [2.75, 3.05) is 6.61 Å². The molecule has 6 heteroatoms. The van der Waals surface area contributed by atoms with Crippen LogP contribution in [0.1, 0.15) is 18.1 Å². The number of hydrogen-bond acceptors (Lipinski definition) is 6. The predicted octanol–water partition coefficient (Wildman–Crippen LogP) is 6.46. The summed E-state index contributed by atoms with van der Waals surface area (Å²) >= 11 is 1.22. The van der Waals surface area contributed by atoms with Crippen LogP contribution in [0.15, 0.2) is 106 Å². The second-order valence-corrected chi connectivity index (χ2v) is 8.15. The zero-order valence-corrected chi connectivity index (χ0v) is 18.9. The van der Waals surface area contributed by atoms with Crippen molar-refractivity contribution in [3.8, 4) is 5.75 Å². The Morgan fingerprint density at radius 1 is 0.970 bits per heavy atom. The summed E-state index contributed by atoms with van der Waals surface area (Å²) in [4.78, 5) is 17.7. The van der Waals surface area contributed by atoms with Gasteiger partial charge in [-0.2, -0.15) is 0 Å². The first-order chi connectivity index (χ1) is 16.2. The number of carbonyl (C=O) groups excluding carboxylic acids is 1. The number of nitrogens with zero attached hydrogens (tertiary/aromatic N) is 1. The van der Waals surface area contributed by atoms with E-state index in [9.17, 15) is 9.90 Å². The van der Waals surface area contributed by atoms with Crippen molar-refractivity contribution >= 4 is 34.5 Å². The molecule has 3 aromatic carbocycles. The lowest BCUT2D eigenvalue weighted by molar-refractivity contribution is -0.138. The van der Waals surface area contributed by atoms with Crippen LogP contribution in [0.4, 0.5) is 5.69 Å². The van der Waals surface area contributed by atoms with Crippen LogP contribution in [0.2, 0.25) is 0 Å². The highest BCUT2D eigenvalue weighted by atomic mass is 32.2. The zero-order chi connectivity index (χ0) is 23.0. The van der Waals surface area contributed by atoms with Gasteiger partial charge in [0.25, 0.3) is 0 Å². The van der Waals surface area contributed by atoms with Gasteiger partial charge in [-0.25, -0.2) is 9.79 Å². The number of para-hydroxylation sites is 2. The van der Waals surface area contributed by atoms with Crippen LogP contribution in [-0.4, -0.2) is 22.7 Å². The predicted molar refractivity (Wildman–Crippen MR) is 133 cm³/mol. The fourth-order valence-electron chi connectivity index (χ4n) is 3.22. The van der Waals surface area contributed by atoms with Crippen LogP contribution in [0.5, 0.6) is 5.75 Å². The fraction of sp³-hybridized carbons (Fsp3) is 0.111. The number of ether oxygens (including phenoxy) is 2. The number of thioether (sulfide) groups is 1. The lowest BCUT2D eigenvalue weighted by Gasteiger charge is -2.10. The van der Waals surface area contributed by atoms with E-state index in [2.05, 4.69) is 4.99 Å². The lowest BCUT2D eigenvalue weighted by Crippen LogP contribution is -2.12. The van der Waals surface area contributed by atoms with Crippen LogP contribution < -0.4 is 4.74 Å². The number of hydrogen-bond donors (Lipinski definition) is 1. The molecular weight excluding hydrogens is 434 g/mol. The highest BCUT2D eigenvalue weighted by molar-refractivity contribution is 8.18. The maximum Gasteiger partial charge on any atom is 0.344 e. The van der Waals surface area contributed by atoms with Crippen molar-refractivity contribution in [3.05, 3.63) is 112 Å². The second kappa shape index (κ2) is 10.7. The molecule has 1 aliphatic heterocycles. The molecule has 4 rings (SSSR count). The summed E-state index contributed by atoms with van der Waals surface area (Å²) in [5.41, 5.74) is 2.59. The largest absolute Gasteiger partial charge is 0.506 e. The number of rotatable bonds is 7. The fourth-order valence-corrected chi connectivity index (χ4v) is 4.25. The van der Waals surface area contributed by atoms with E-state index in [1.807, 2.05) is 84.9 Å². The van der Waals surface area contributed by atoms with Crippen LogP contribution in [0, 0.1) is 0 Å². The molecule has 0 aliphatic carbocycles. The van der Waals surface area contributed by atoms with Crippen molar-refractivity contribution in [2.24, 2.45) is 4.99 Å². The van der Waals surface area contributed by atoms with Crippen LogP contribution >= 0.6 is 11.8 Å². The first-order valence-corrected chi connectivity index (χ1v) is 11.4. The molecule has 166 valence electrons. The van der Waals surface area contributed by atoms with Crippen molar-refractivity contribution in [3.63, 3.8) is 0 Å². The number of aliphatic hydroxyl groups excluding tert-OH is 1. The van der Waals surface area contributed by atoms with Gasteiger partial charge >= 0.3 is 5.97 Å². The van der Waals surface area contributed by atoms with Gasteiger partial charge in [-0.3, -0.25) is 0 Å². The van der Waals surface area contributed by atoms with Gasteiger partial charge in [0.15, 0.2) is 0 Å². The minimum atomic E-state index is -0.603. The highest BCUT2D eigenvalue weighted by Crippen LogP contribution is 2.41. The van der Waals surface area contributed by atoms with Crippen molar-refractivity contribution < 1.29 is 19.4 Å². The quantitative estimate of drug-likeness (QED) is 0.413. The van der Waals surface area contributed by atoms with Crippen molar-refractivity contribution in [1.82, 2.24) is 0 Å². The normalized spacial score (nSPS) is 15.8. The molecule has 1 heterocycles. The molecule has 33 heavy (non-hydrogen) atoms. The minimum Gasteiger partial charge on any atom is -0.506 e. The molecule has 0 saturated carbocycles. The second-order valence-electron chi connectivity index (χ2n) is 7.12. The monoisotopic (exact) mass is 457 g/mol. The third-order valence-corrected chi connectivity index (χ3v) is 5.82. The standard InChI is InChI=1S/C27H23NO4S/c1-2-31-27(30)24-25(29)23(33-26(24)28-21-14-7-4-8-15-21)17-20-13-9-10-16-22(20)32-18-19-11-5-3-6-12-19/h3-17,29H,2,18H2,1H3. The van der Waals surface area contributed by atoms with Gasteiger partial charge in [0.05, 0.1) is 17.2 Å². The van der Waals surface area contributed by atoms with E-state index >= 15 is 0 Å². The smallest absolute Gasteiger partial charge is 0.344 e. The highest BCUT2D eigenvalue weighted by Gasteiger charge is 2.33. The average Bonchev–Trinajstić information content (AvgIpc) is 3.14. The summed E-state index contributed by atoms with van der Waals surface area (Å²) in [6.07, 6.45) is 1.80. The Bertz CT molecular complexity index is 1220. The Morgan fingerprint density at radius 3 is 2.36 bits per heavy atom. The maximum absolute atomic E-state index is 12.6. The van der Waals surface area contributed by atoms with Gasteiger partial charge in [0.1, 0.15) is 28.7 Å². The van der Waals surface area contributed by atoms with Crippen molar-refractivity contribution in [2.45, 2.75) is 13.5 Å². The number of esters is 1. The molecule has 0 bridgehead atoms. The molecule has 0 unspecified atom stereocenters. The number of benzene rings is 3. The van der Waals surface area contributed by atoms with E-state index in [1.54, 1.807) is 13.0 Å². The average molecular weight is 458 g/mol. The molecule has 3 aromatic rings. The van der Waals surface area contributed by atoms with Gasteiger partial charge in [-0.05, 0) is 36.8 Å². The molecule has 0 aromatic heterocycles. The third kappa shape index (κ3) is 5.54. The van der Waals surface area contributed by atoms with Crippen molar-refractivity contribution in [1.29, 1.82) is 0 Å². The molecule has 1 N–H and O–H groups in total. The van der Waals surface area contributed by atoms with Crippen LogP contribution in [-0.2, 0) is 16.1 Å². The SMILES string of the molecule is CCOC(=O)C1=C(O)C(=Cc2ccccc2OCc2ccccc2)SC1=Nc1ccccc1. The molecular formula is C27H23NO4S. The Balaban J connectivity index is 1.66. The van der Waals surface area contributed by atoms with Gasteiger partial charge in [0, 0.05) is 5.56 Å². The molecule has 0 spiro atoms. The van der Waals surface area contributed by atoms with Gasteiger partial charge in [0.2, 0.25) is 0 Å². The lowest BCUT2D eigenvalue weighted by atomic mass is 10.1. The number of carbonyl (C=O) groups is 1. The Labute approximate surface area is 197 Å². The summed E-state index contributed by atoms with van der Waals surface area (Å²) in [6, 6.07) is 26.8. The first-order valence-electron chi connectivity index (χ1n) is 10.6. The van der Waals surface area contributed by atoms with E-state index in [1.165, 1.54) is 11.8 Å². The van der Waals surface area contributed by atoms with E-state index < -0.39 is 5.97 Å². The summed E-state index contributed by atoms with van der Waals surface area (Å²) < 4.78 is 11.2.